The molecule has 0 spiro atoms. The van der Waals surface area contributed by atoms with E-state index in [-0.39, 0.29) is 5.97 Å². The van der Waals surface area contributed by atoms with Crippen LogP contribution in [0.1, 0.15) is 33.1 Å². The Morgan fingerprint density at radius 2 is 2.39 bits per heavy atom. The third-order valence-electron chi connectivity index (χ3n) is 3.35. The Morgan fingerprint density at radius 3 is 2.94 bits per heavy atom. The van der Waals surface area contributed by atoms with Crippen molar-refractivity contribution in [2.24, 2.45) is 0 Å². The molecule has 0 aromatic heterocycles. The first kappa shape index (κ1) is 15.8. The van der Waals surface area contributed by atoms with E-state index in [9.17, 15) is 4.79 Å². The minimum atomic E-state index is -0.570. The lowest BCUT2D eigenvalue weighted by molar-refractivity contribution is -0.150. The van der Waals surface area contributed by atoms with Gasteiger partial charge in [-0.1, -0.05) is 0 Å². The Kier molecular flexibility index (Phi) is 7.04. The number of nitrogens with one attached hydrogen (secondary N) is 1. The maximum absolute atomic E-state index is 11.8. The van der Waals surface area contributed by atoms with Crippen molar-refractivity contribution in [3.05, 3.63) is 0 Å². The molecule has 0 aromatic carbocycles. The van der Waals surface area contributed by atoms with Crippen molar-refractivity contribution in [3.8, 4) is 0 Å². The van der Waals surface area contributed by atoms with E-state index in [1.807, 2.05) is 32.7 Å². The van der Waals surface area contributed by atoms with Crippen molar-refractivity contribution in [2.45, 2.75) is 44.8 Å². The van der Waals surface area contributed by atoms with Crippen molar-refractivity contribution < 1.29 is 14.3 Å². The SMILES string of the molecule is CCOC(=O)C(C)(CCSCC1CCCO1)NC. The maximum atomic E-state index is 11.8. The Balaban J connectivity index is 2.23. The normalized spacial score (nSPS) is 22.7. The van der Waals surface area contributed by atoms with Crippen molar-refractivity contribution in [3.63, 3.8) is 0 Å². The van der Waals surface area contributed by atoms with Crippen LogP contribution in [0.3, 0.4) is 0 Å². The highest BCUT2D eigenvalue weighted by atomic mass is 32.2. The molecule has 106 valence electrons. The lowest BCUT2D eigenvalue weighted by atomic mass is 10.00. The molecule has 0 amide bonds. The second-order valence-corrected chi connectivity index (χ2v) is 5.91. The summed E-state index contributed by atoms with van der Waals surface area (Å²) in [6, 6.07) is 0. The van der Waals surface area contributed by atoms with Crippen molar-refractivity contribution in [1.29, 1.82) is 0 Å². The molecule has 1 fully saturated rings. The van der Waals surface area contributed by atoms with Gasteiger partial charge < -0.3 is 14.8 Å². The molecule has 0 aromatic rings. The molecule has 2 unspecified atom stereocenters. The molecule has 0 bridgehead atoms. The summed E-state index contributed by atoms with van der Waals surface area (Å²) in [5.74, 6) is 1.81. The number of carbonyl (C=O) groups excluding carboxylic acids is 1. The van der Waals surface area contributed by atoms with Crippen LogP contribution in [0.4, 0.5) is 0 Å². The number of rotatable bonds is 8. The number of hydrogen-bond acceptors (Lipinski definition) is 5. The van der Waals surface area contributed by atoms with E-state index in [0.717, 1.165) is 24.5 Å². The van der Waals surface area contributed by atoms with Gasteiger partial charge in [-0.2, -0.15) is 11.8 Å². The predicted molar refractivity (Wildman–Crippen MR) is 75.0 cm³/mol. The lowest BCUT2D eigenvalue weighted by Gasteiger charge is -2.26. The van der Waals surface area contributed by atoms with Crippen LogP contribution < -0.4 is 5.32 Å². The largest absolute Gasteiger partial charge is 0.465 e. The molecule has 0 saturated carbocycles. The third-order valence-corrected chi connectivity index (χ3v) is 4.45. The summed E-state index contributed by atoms with van der Waals surface area (Å²) in [5, 5.41) is 3.07. The molecule has 0 radical (unpaired) electrons. The van der Waals surface area contributed by atoms with Crippen LogP contribution >= 0.6 is 11.8 Å². The Labute approximate surface area is 114 Å². The summed E-state index contributed by atoms with van der Waals surface area (Å²) in [5.41, 5.74) is -0.570. The summed E-state index contributed by atoms with van der Waals surface area (Å²) in [7, 11) is 1.81. The average Bonchev–Trinajstić information content (AvgIpc) is 2.87. The van der Waals surface area contributed by atoms with Crippen molar-refractivity contribution >= 4 is 17.7 Å². The minimum Gasteiger partial charge on any atom is -0.465 e. The van der Waals surface area contributed by atoms with E-state index in [1.165, 1.54) is 12.8 Å². The maximum Gasteiger partial charge on any atom is 0.326 e. The van der Waals surface area contributed by atoms with E-state index in [2.05, 4.69) is 5.32 Å². The van der Waals surface area contributed by atoms with E-state index in [4.69, 9.17) is 9.47 Å². The van der Waals surface area contributed by atoms with E-state index >= 15 is 0 Å². The fraction of sp³-hybridized carbons (Fsp3) is 0.923. The topological polar surface area (TPSA) is 47.6 Å². The van der Waals surface area contributed by atoms with E-state index in [0.29, 0.717) is 12.7 Å². The highest BCUT2D eigenvalue weighted by Gasteiger charge is 2.32. The van der Waals surface area contributed by atoms with Crippen LogP contribution in [-0.2, 0) is 14.3 Å². The zero-order chi connectivity index (χ0) is 13.4. The van der Waals surface area contributed by atoms with E-state index in [1.54, 1.807) is 0 Å². The Bertz CT molecular complexity index is 257. The van der Waals surface area contributed by atoms with Crippen molar-refractivity contribution in [2.75, 3.05) is 31.8 Å². The number of thioether (sulfide) groups is 1. The molecule has 1 aliphatic heterocycles. The fourth-order valence-electron chi connectivity index (χ4n) is 1.89. The minimum absolute atomic E-state index is 0.162. The Hall–Kier alpha value is -0.260. The smallest absolute Gasteiger partial charge is 0.326 e. The fourth-order valence-corrected chi connectivity index (χ4v) is 3.13. The van der Waals surface area contributed by atoms with Crippen LogP contribution in [0.15, 0.2) is 0 Å². The van der Waals surface area contributed by atoms with Gasteiger partial charge in [-0.25, -0.2) is 0 Å². The third kappa shape index (κ3) is 4.78. The summed E-state index contributed by atoms with van der Waals surface area (Å²) in [4.78, 5) is 11.8. The monoisotopic (exact) mass is 275 g/mol. The highest BCUT2D eigenvalue weighted by molar-refractivity contribution is 7.99. The molecular formula is C13H25NO3S. The standard InChI is InChI=1S/C13H25NO3S/c1-4-16-12(15)13(2,14-3)7-9-18-10-11-6-5-8-17-11/h11,14H,4-10H2,1-3H3. The molecule has 2 atom stereocenters. The van der Waals surface area contributed by atoms with Crippen LogP contribution in [0, 0.1) is 0 Å². The van der Waals surface area contributed by atoms with Gasteiger partial charge >= 0.3 is 5.97 Å². The number of likely N-dealkylation sites (N-methyl/N-ethyl adjacent to an activating group) is 1. The molecule has 5 heteroatoms. The van der Waals surface area contributed by atoms with Gasteiger partial charge in [0.1, 0.15) is 5.54 Å². The summed E-state index contributed by atoms with van der Waals surface area (Å²) in [6.45, 7) is 5.07. The van der Waals surface area contributed by atoms with Crippen LogP contribution in [-0.4, -0.2) is 49.4 Å². The van der Waals surface area contributed by atoms with Gasteiger partial charge in [0.15, 0.2) is 0 Å². The molecule has 1 N–H and O–H groups in total. The molecule has 18 heavy (non-hydrogen) atoms. The lowest BCUT2D eigenvalue weighted by Crippen LogP contribution is -2.49. The highest BCUT2D eigenvalue weighted by Crippen LogP contribution is 2.20. The summed E-state index contributed by atoms with van der Waals surface area (Å²) >= 11 is 1.86. The average molecular weight is 275 g/mol. The first-order chi connectivity index (χ1) is 8.62. The van der Waals surface area contributed by atoms with Crippen LogP contribution in [0.5, 0.6) is 0 Å². The molecule has 0 aliphatic carbocycles. The zero-order valence-corrected chi connectivity index (χ0v) is 12.5. The van der Waals surface area contributed by atoms with Crippen LogP contribution in [0.25, 0.3) is 0 Å². The first-order valence-corrected chi connectivity index (χ1v) is 7.83. The Morgan fingerprint density at radius 1 is 1.61 bits per heavy atom. The van der Waals surface area contributed by atoms with Gasteiger partial charge in [-0.05, 0) is 45.9 Å². The number of hydrogen-bond donors (Lipinski definition) is 1. The molecule has 1 aliphatic rings. The number of carbonyl (C=O) groups is 1. The molecule has 1 rings (SSSR count). The molecule has 1 saturated heterocycles. The first-order valence-electron chi connectivity index (χ1n) is 6.68. The molecule has 1 heterocycles. The number of esters is 1. The van der Waals surface area contributed by atoms with E-state index < -0.39 is 5.54 Å². The van der Waals surface area contributed by atoms with Gasteiger partial charge in [-0.15, -0.1) is 0 Å². The second kappa shape index (κ2) is 8.02. The van der Waals surface area contributed by atoms with Crippen LogP contribution in [0.2, 0.25) is 0 Å². The quantitative estimate of drug-likeness (QED) is 0.541. The predicted octanol–water partition coefficient (Wildman–Crippen LogP) is 1.83. The molecule has 4 nitrogen and oxygen atoms in total. The summed E-state index contributed by atoms with van der Waals surface area (Å²) in [6.07, 6.45) is 3.55. The molecular weight excluding hydrogens is 250 g/mol. The van der Waals surface area contributed by atoms with Gasteiger partial charge in [0, 0.05) is 12.4 Å². The second-order valence-electron chi connectivity index (χ2n) is 4.76. The number of ether oxygens (including phenoxy) is 2. The summed E-state index contributed by atoms with van der Waals surface area (Å²) < 4.78 is 10.7. The van der Waals surface area contributed by atoms with Gasteiger partial charge in [0.2, 0.25) is 0 Å². The van der Waals surface area contributed by atoms with Gasteiger partial charge in [0.25, 0.3) is 0 Å². The van der Waals surface area contributed by atoms with Crippen molar-refractivity contribution in [1.82, 2.24) is 5.32 Å². The zero-order valence-electron chi connectivity index (χ0n) is 11.7. The van der Waals surface area contributed by atoms with Gasteiger partial charge in [-0.3, -0.25) is 4.79 Å². The van der Waals surface area contributed by atoms with Gasteiger partial charge in [0.05, 0.1) is 12.7 Å².